The summed E-state index contributed by atoms with van der Waals surface area (Å²) in [6, 6.07) is 17.8. The van der Waals surface area contributed by atoms with Crippen LogP contribution in [0.2, 0.25) is 0 Å². The maximum absolute atomic E-state index is 14.6. The van der Waals surface area contributed by atoms with Gasteiger partial charge in [-0.15, -0.1) is 0 Å². The summed E-state index contributed by atoms with van der Waals surface area (Å²) in [7, 11) is -1.23. The fraction of sp³-hybridized carbons (Fsp3) is 0.208. The molecule has 174 valence electrons. The van der Waals surface area contributed by atoms with E-state index in [1.165, 1.54) is 49.6 Å². The highest BCUT2D eigenvalue weighted by molar-refractivity contribution is 7.92. The lowest BCUT2D eigenvalue weighted by Crippen LogP contribution is -2.42. The summed E-state index contributed by atoms with van der Waals surface area (Å²) in [5.74, 6) is -0.199. The Kier molecular flexibility index (Phi) is 7.55. The molecule has 9 heteroatoms. The number of nitrogens with one attached hydrogen (secondary N) is 1. The first-order valence-corrected chi connectivity index (χ1v) is 11.5. The highest BCUT2D eigenvalue weighted by atomic mass is 32.2. The quantitative estimate of drug-likeness (QED) is 0.510. The van der Waals surface area contributed by atoms with Gasteiger partial charge in [0.25, 0.3) is 10.0 Å². The van der Waals surface area contributed by atoms with E-state index < -0.39 is 34.3 Å². The maximum Gasteiger partial charge on any atom is 0.264 e. The summed E-state index contributed by atoms with van der Waals surface area (Å²) >= 11 is 0. The minimum atomic E-state index is -4.25. The Labute approximate surface area is 192 Å². The number of amides is 1. The normalized spacial score (nSPS) is 12.0. The molecule has 0 aromatic heterocycles. The molecule has 3 aromatic carbocycles. The predicted molar refractivity (Wildman–Crippen MR) is 123 cm³/mol. The van der Waals surface area contributed by atoms with Gasteiger partial charge in [-0.1, -0.05) is 24.3 Å². The van der Waals surface area contributed by atoms with Crippen molar-refractivity contribution in [1.82, 2.24) is 5.32 Å². The van der Waals surface area contributed by atoms with Gasteiger partial charge in [-0.05, 0) is 61.0 Å². The lowest BCUT2D eigenvalue weighted by molar-refractivity contribution is -0.120. The molecule has 0 saturated heterocycles. The van der Waals surface area contributed by atoms with Gasteiger partial charge in [0, 0.05) is 0 Å². The number of carbonyl (C=O) groups excluding carboxylic acids is 1. The number of methoxy groups -OCH3 is 2. The number of sulfonamides is 1. The van der Waals surface area contributed by atoms with Gasteiger partial charge in [-0.2, -0.15) is 0 Å². The van der Waals surface area contributed by atoms with Crippen molar-refractivity contribution in [3.63, 3.8) is 0 Å². The molecule has 0 saturated carbocycles. The van der Waals surface area contributed by atoms with E-state index in [1.54, 1.807) is 38.3 Å². The second kappa shape index (κ2) is 10.4. The molecule has 0 radical (unpaired) electrons. The van der Waals surface area contributed by atoms with Gasteiger partial charge in [0.05, 0.1) is 30.8 Å². The number of hydrogen-bond donors (Lipinski definition) is 1. The largest absolute Gasteiger partial charge is 0.497 e. The minimum absolute atomic E-state index is 0.0949. The van der Waals surface area contributed by atoms with Gasteiger partial charge >= 0.3 is 0 Å². The number of hydrogen-bond acceptors (Lipinski definition) is 5. The number of benzene rings is 3. The number of rotatable bonds is 9. The molecule has 33 heavy (non-hydrogen) atoms. The maximum atomic E-state index is 14.6. The first kappa shape index (κ1) is 24.1. The number of nitrogens with zero attached hydrogens (tertiary/aromatic N) is 1. The molecule has 0 spiro atoms. The van der Waals surface area contributed by atoms with Crippen LogP contribution in [0.3, 0.4) is 0 Å². The Morgan fingerprint density at radius 1 is 0.939 bits per heavy atom. The van der Waals surface area contributed by atoms with Crippen molar-refractivity contribution < 1.29 is 27.1 Å². The van der Waals surface area contributed by atoms with Crippen LogP contribution >= 0.6 is 0 Å². The fourth-order valence-electron chi connectivity index (χ4n) is 3.22. The summed E-state index contributed by atoms with van der Waals surface area (Å²) in [4.78, 5) is 12.7. The first-order chi connectivity index (χ1) is 15.8. The van der Waals surface area contributed by atoms with E-state index in [1.807, 2.05) is 0 Å². The van der Waals surface area contributed by atoms with Crippen LogP contribution < -0.4 is 19.1 Å². The van der Waals surface area contributed by atoms with Crippen molar-refractivity contribution in [3.8, 4) is 11.5 Å². The van der Waals surface area contributed by atoms with E-state index in [0.29, 0.717) is 11.5 Å². The molecule has 3 aromatic rings. The van der Waals surface area contributed by atoms with Crippen LogP contribution in [0.25, 0.3) is 0 Å². The molecule has 1 amide bonds. The molecule has 1 N–H and O–H groups in total. The summed E-state index contributed by atoms with van der Waals surface area (Å²) in [6.07, 6.45) is 0. The highest BCUT2D eigenvalue weighted by Gasteiger charge is 2.29. The summed E-state index contributed by atoms with van der Waals surface area (Å²) < 4.78 is 52.3. The second-order valence-electron chi connectivity index (χ2n) is 7.20. The van der Waals surface area contributed by atoms with Gasteiger partial charge < -0.3 is 14.8 Å². The topological polar surface area (TPSA) is 84.9 Å². The zero-order valence-corrected chi connectivity index (χ0v) is 19.3. The number of carbonyl (C=O) groups is 1. The van der Waals surface area contributed by atoms with Gasteiger partial charge in [-0.3, -0.25) is 9.10 Å². The van der Waals surface area contributed by atoms with Gasteiger partial charge in [0.2, 0.25) is 5.91 Å². The fourth-order valence-corrected chi connectivity index (χ4v) is 4.65. The van der Waals surface area contributed by atoms with E-state index in [0.717, 1.165) is 15.9 Å². The van der Waals surface area contributed by atoms with Crippen molar-refractivity contribution in [3.05, 3.63) is 84.2 Å². The standard InChI is InChI=1S/C24H25FN2O5S/c1-17(18-8-10-19(31-2)11-9-18)26-24(28)16-27(23-7-5-4-6-22(23)25)33(29,30)21-14-12-20(32-3)13-15-21/h4-15,17H,16H2,1-3H3,(H,26,28). The van der Waals surface area contributed by atoms with Crippen LogP contribution in [0.5, 0.6) is 11.5 Å². The molecule has 0 aliphatic rings. The van der Waals surface area contributed by atoms with E-state index in [4.69, 9.17) is 9.47 Å². The summed E-state index contributed by atoms with van der Waals surface area (Å²) in [5, 5.41) is 2.77. The first-order valence-electron chi connectivity index (χ1n) is 10.1. The van der Waals surface area contributed by atoms with E-state index in [-0.39, 0.29) is 10.6 Å². The Hall–Kier alpha value is -3.59. The Morgan fingerprint density at radius 2 is 1.48 bits per heavy atom. The zero-order chi connectivity index (χ0) is 24.0. The Balaban J connectivity index is 1.88. The molecule has 1 unspecified atom stereocenters. The predicted octanol–water partition coefficient (Wildman–Crippen LogP) is 3.92. The molecule has 7 nitrogen and oxygen atoms in total. The third-order valence-electron chi connectivity index (χ3n) is 5.05. The van der Waals surface area contributed by atoms with Crippen LogP contribution in [-0.4, -0.2) is 35.1 Å². The minimum Gasteiger partial charge on any atom is -0.497 e. The molecule has 0 heterocycles. The number of ether oxygens (including phenoxy) is 2. The summed E-state index contributed by atoms with van der Waals surface area (Å²) in [6.45, 7) is 1.17. The number of para-hydroxylation sites is 1. The highest BCUT2D eigenvalue weighted by Crippen LogP contribution is 2.27. The smallest absolute Gasteiger partial charge is 0.264 e. The monoisotopic (exact) mass is 472 g/mol. The van der Waals surface area contributed by atoms with Crippen LogP contribution in [0.1, 0.15) is 18.5 Å². The van der Waals surface area contributed by atoms with Gasteiger partial charge in [0.15, 0.2) is 0 Å². The van der Waals surface area contributed by atoms with Crippen molar-refractivity contribution in [1.29, 1.82) is 0 Å². The van der Waals surface area contributed by atoms with Crippen LogP contribution in [0.15, 0.2) is 77.7 Å². The molecule has 1 atom stereocenters. The number of anilines is 1. The van der Waals surface area contributed by atoms with Crippen molar-refractivity contribution in [2.24, 2.45) is 0 Å². The van der Waals surface area contributed by atoms with Crippen LogP contribution in [0, 0.1) is 5.82 Å². The molecule has 0 aliphatic heterocycles. The van der Waals surface area contributed by atoms with Crippen molar-refractivity contribution >= 4 is 21.6 Å². The Bertz CT molecular complexity index is 1200. The average Bonchev–Trinajstić information content (AvgIpc) is 2.83. The van der Waals surface area contributed by atoms with Gasteiger partial charge in [0.1, 0.15) is 23.9 Å². The molecule has 3 rings (SSSR count). The molecule has 0 fully saturated rings. The zero-order valence-electron chi connectivity index (χ0n) is 18.5. The second-order valence-corrected chi connectivity index (χ2v) is 9.06. The SMILES string of the molecule is COc1ccc(C(C)NC(=O)CN(c2ccccc2F)S(=O)(=O)c2ccc(OC)cc2)cc1. The lowest BCUT2D eigenvalue weighted by atomic mass is 10.1. The Morgan fingerprint density at radius 3 is 2.03 bits per heavy atom. The van der Waals surface area contributed by atoms with E-state index in [9.17, 15) is 17.6 Å². The molecule has 0 aliphatic carbocycles. The number of halogens is 1. The molecular weight excluding hydrogens is 447 g/mol. The van der Waals surface area contributed by atoms with E-state index >= 15 is 0 Å². The lowest BCUT2D eigenvalue weighted by Gasteiger charge is -2.25. The third kappa shape index (κ3) is 5.61. The average molecular weight is 473 g/mol. The van der Waals surface area contributed by atoms with Crippen LogP contribution in [-0.2, 0) is 14.8 Å². The molecular formula is C24H25FN2O5S. The van der Waals surface area contributed by atoms with Crippen molar-refractivity contribution in [2.45, 2.75) is 17.9 Å². The van der Waals surface area contributed by atoms with Crippen molar-refractivity contribution in [2.75, 3.05) is 25.1 Å². The molecule has 0 bridgehead atoms. The van der Waals surface area contributed by atoms with Gasteiger partial charge in [-0.25, -0.2) is 12.8 Å². The summed E-state index contributed by atoms with van der Waals surface area (Å²) in [5.41, 5.74) is 0.583. The third-order valence-corrected chi connectivity index (χ3v) is 6.82. The van der Waals surface area contributed by atoms with E-state index in [2.05, 4.69) is 5.32 Å². The van der Waals surface area contributed by atoms with Crippen LogP contribution in [0.4, 0.5) is 10.1 Å².